The molecule has 3 rings (SSSR count). The number of benzene rings is 1. The van der Waals surface area contributed by atoms with Crippen LogP contribution in [-0.4, -0.2) is 43.0 Å². The Labute approximate surface area is 166 Å². The van der Waals surface area contributed by atoms with Crippen LogP contribution in [0.2, 0.25) is 0 Å². The minimum absolute atomic E-state index is 0.107. The molecule has 0 N–H and O–H groups in total. The van der Waals surface area contributed by atoms with E-state index in [1.54, 1.807) is 29.0 Å². The third-order valence-electron chi connectivity index (χ3n) is 4.39. The Hall–Kier alpha value is -2.87. The number of carbonyl (C=O) groups excluding carboxylic acids is 3. The lowest BCUT2D eigenvalue weighted by molar-refractivity contribution is -0.141. The zero-order valence-electron chi connectivity index (χ0n) is 16.1. The number of nitrogens with zero attached hydrogens (tertiary/aromatic N) is 1. The van der Waals surface area contributed by atoms with Gasteiger partial charge in [0.25, 0.3) is 11.8 Å². The van der Waals surface area contributed by atoms with Gasteiger partial charge in [-0.05, 0) is 31.5 Å². The van der Waals surface area contributed by atoms with Crippen LogP contribution in [0, 0.1) is 0 Å². The molecule has 2 aromatic rings. The van der Waals surface area contributed by atoms with Crippen LogP contribution >= 0.6 is 11.3 Å². The molecule has 1 aliphatic rings. The fourth-order valence-corrected chi connectivity index (χ4v) is 3.90. The van der Waals surface area contributed by atoms with Gasteiger partial charge in [-0.2, -0.15) is 11.3 Å². The molecule has 0 saturated heterocycles. The number of carbonyl (C=O) groups is 3. The van der Waals surface area contributed by atoms with Crippen LogP contribution in [0.15, 0.2) is 29.0 Å². The Morgan fingerprint density at radius 1 is 1.07 bits per heavy atom. The molecule has 1 unspecified atom stereocenters. The van der Waals surface area contributed by atoms with Crippen LogP contribution < -0.4 is 9.47 Å². The fourth-order valence-electron chi connectivity index (χ4n) is 3.11. The highest BCUT2D eigenvalue weighted by molar-refractivity contribution is 7.08. The summed E-state index contributed by atoms with van der Waals surface area (Å²) >= 11 is 1.30. The summed E-state index contributed by atoms with van der Waals surface area (Å²) < 4.78 is 15.9. The molecular formula is C20H21NO6S. The number of thiophene rings is 1. The zero-order chi connectivity index (χ0) is 20.4. The summed E-state index contributed by atoms with van der Waals surface area (Å²) in [5.74, 6) is -0.373. The first-order chi connectivity index (χ1) is 13.4. The molecule has 0 fully saturated rings. The molecule has 1 atom stereocenters. The van der Waals surface area contributed by atoms with Gasteiger partial charge < -0.3 is 14.2 Å². The molecule has 0 spiro atoms. The first-order valence-corrected chi connectivity index (χ1v) is 9.67. The van der Waals surface area contributed by atoms with Crippen molar-refractivity contribution in [1.29, 1.82) is 0 Å². The molecule has 0 aliphatic carbocycles. The van der Waals surface area contributed by atoms with Gasteiger partial charge in [-0.1, -0.05) is 6.07 Å². The van der Waals surface area contributed by atoms with Crippen LogP contribution in [0.25, 0.3) is 0 Å². The average molecular weight is 403 g/mol. The highest BCUT2D eigenvalue weighted by atomic mass is 32.1. The normalized spacial score (nSPS) is 14.2. The van der Waals surface area contributed by atoms with Crippen molar-refractivity contribution in [2.24, 2.45) is 0 Å². The Morgan fingerprint density at radius 2 is 1.71 bits per heavy atom. The number of methoxy groups -OCH3 is 2. The Kier molecular flexibility index (Phi) is 5.69. The number of esters is 1. The molecule has 0 saturated carbocycles. The van der Waals surface area contributed by atoms with Gasteiger partial charge in [0.15, 0.2) is 11.5 Å². The van der Waals surface area contributed by atoms with E-state index in [-0.39, 0.29) is 12.5 Å². The maximum atomic E-state index is 12.8. The molecule has 1 aromatic heterocycles. The van der Waals surface area contributed by atoms with Gasteiger partial charge in [0, 0.05) is 10.8 Å². The molecule has 0 bridgehead atoms. The summed E-state index contributed by atoms with van der Waals surface area (Å²) in [7, 11) is 2.80. The van der Waals surface area contributed by atoms with E-state index >= 15 is 0 Å². The Morgan fingerprint density at radius 3 is 2.25 bits per heavy atom. The lowest BCUT2D eigenvalue weighted by atomic mass is 10.0. The zero-order valence-corrected chi connectivity index (χ0v) is 16.9. The van der Waals surface area contributed by atoms with E-state index in [0.29, 0.717) is 28.2 Å². The van der Waals surface area contributed by atoms with E-state index in [0.717, 1.165) is 4.90 Å². The smallest absolute Gasteiger partial charge is 0.307 e. The van der Waals surface area contributed by atoms with Crippen molar-refractivity contribution >= 4 is 29.1 Å². The summed E-state index contributed by atoms with van der Waals surface area (Å²) in [6, 6.07) is 4.28. The van der Waals surface area contributed by atoms with Crippen LogP contribution in [0.1, 0.15) is 52.6 Å². The second-order valence-corrected chi connectivity index (χ2v) is 7.30. The van der Waals surface area contributed by atoms with Crippen molar-refractivity contribution in [3.63, 3.8) is 0 Å². The van der Waals surface area contributed by atoms with Crippen molar-refractivity contribution in [2.75, 3.05) is 14.2 Å². The summed E-state index contributed by atoms with van der Waals surface area (Å²) in [5.41, 5.74) is 1.30. The molecule has 8 heteroatoms. The lowest BCUT2D eigenvalue weighted by Gasteiger charge is -2.27. The van der Waals surface area contributed by atoms with Crippen LogP contribution in [-0.2, 0) is 9.53 Å². The SMILES string of the molecule is COC(=O)CC(c1ccc(OC)c(OC(C)C)c1)N1C(=O)c2cscc2C1=O. The van der Waals surface area contributed by atoms with Crippen LogP contribution in [0.5, 0.6) is 11.5 Å². The Bertz CT molecular complexity index is 889. The third-order valence-corrected chi connectivity index (χ3v) is 5.14. The number of rotatable bonds is 7. The summed E-state index contributed by atoms with van der Waals surface area (Å²) in [4.78, 5) is 38.8. The summed E-state index contributed by atoms with van der Waals surface area (Å²) in [6.07, 6.45) is -0.264. The van der Waals surface area contributed by atoms with E-state index in [1.807, 2.05) is 13.8 Å². The van der Waals surface area contributed by atoms with Gasteiger partial charge in [-0.25, -0.2) is 0 Å². The molecule has 2 heterocycles. The van der Waals surface area contributed by atoms with Crippen molar-refractivity contribution in [2.45, 2.75) is 32.4 Å². The standard InChI is InChI=1S/C20H21NO6S/c1-11(2)27-17-7-12(5-6-16(17)25-3)15(8-18(22)26-4)21-19(23)13-9-28-10-14(13)20(21)24/h5-7,9-11,15H,8H2,1-4H3. The maximum absolute atomic E-state index is 12.8. The highest BCUT2D eigenvalue weighted by Crippen LogP contribution is 2.38. The lowest BCUT2D eigenvalue weighted by Crippen LogP contribution is -2.35. The minimum atomic E-state index is -0.815. The second-order valence-electron chi connectivity index (χ2n) is 6.55. The van der Waals surface area contributed by atoms with Crippen LogP contribution in [0.4, 0.5) is 0 Å². The first-order valence-electron chi connectivity index (χ1n) is 8.72. The fraction of sp³-hybridized carbons (Fsp3) is 0.350. The van der Waals surface area contributed by atoms with E-state index in [4.69, 9.17) is 14.2 Å². The van der Waals surface area contributed by atoms with E-state index < -0.39 is 23.8 Å². The molecule has 148 valence electrons. The largest absolute Gasteiger partial charge is 0.493 e. The van der Waals surface area contributed by atoms with Gasteiger partial charge in [0.2, 0.25) is 0 Å². The highest BCUT2D eigenvalue weighted by Gasteiger charge is 2.42. The summed E-state index contributed by atoms with van der Waals surface area (Å²) in [6.45, 7) is 3.76. The monoisotopic (exact) mass is 403 g/mol. The van der Waals surface area contributed by atoms with Crippen LogP contribution in [0.3, 0.4) is 0 Å². The number of hydrogen-bond donors (Lipinski definition) is 0. The molecule has 2 amide bonds. The van der Waals surface area contributed by atoms with E-state index in [2.05, 4.69) is 0 Å². The number of imide groups is 1. The number of amides is 2. The first kappa shape index (κ1) is 19.9. The molecular weight excluding hydrogens is 382 g/mol. The number of hydrogen-bond acceptors (Lipinski definition) is 7. The van der Waals surface area contributed by atoms with Crippen molar-refractivity contribution in [1.82, 2.24) is 4.90 Å². The maximum Gasteiger partial charge on any atom is 0.307 e. The average Bonchev–Trinajstić information content (AvgIpc) is 3.23. The van der Waals surface area contributed by atoms with Gasteiger partial charge in [-0.15, -0.1) is 0 Å². The molecule has 1 aliphatic heterocycles. The number of ether oxygens (including phenoxy) is 3. The molecule has 7 nitrogen and oxygen atoms in total. The predicted molar refractivity (Wildman–Crippen MR) is 103 cm³/mol. The molecule has 1 aromatic carbocycles. The predicted octanol–water partition coefficient (Wildman–Crippen LogP) is 3.44. The van der Waals surface area contributed by atoms with E-state index in [1.165, 1.54) is 25.6 Å². The third kappa shape index (κ3) is 3.60. The van der Waals surface area contributed by atoms with Crippen molar-refractivity contribution in [3.8, 4) is 11.5 Å². The Balaban J connectivity index is 2.04. The van der Waals surface area contributed by atoms with Gasteiger partial charge in [0.1, 0.15) is 0 Å². The molecule has 0 radical (unpaired) electrons. The van der Waals surface area contributed by atoms with Crippen molar-refractivity contribution in [3.05, 3.63) is 45.6 Å². The van der Waals surface area contributed by atoms with Gasteiger partial charge >= 0.3 is 5.97 Å². The topological polar surface area (TPSA) is 82.1 Å². The molecule has 28 heavy (non-hydrogen) atoms. The number of fused-ring (bicyclic) bond motifs is 1. The van der Waals surface area contributed by atoms with Crippen molar-refractivity contribution < 1.29 is 28.6 Å². The van der Waals surface area contributed by atoms with Gasteiger partial charge in [0.05, 0.1) is 43.9 Å². The van der Waals surface area contributed by atoms with E-state index in [9.17, 15) is 14.4 Å². The quantitative estimate of drug-likeness (QED) is 0.520. The minimum Gasteiger partial charge on any atom is -0.493 e. The summed E-state index contributed by atoms with van der Waals surface area (Å²) in [5, 5.41) is 3.29. The van der Waals surface area contributed by atoms with Gasteiger partial charge in [-0.3, -0.25) is 19.3 Å². The second kappa shape index (κ2) is 8.02.